The van der Waals surface area contributed by atoms with Crippen molar-refractivity contribution in [3.8, 4) is 0 Å². The fraction of sp³-hybridized carbons (Fsp3) is 0.444. The minimum atomic E-state index is -0.278. The van der Waals surface area contributed by atoms with Crippen molar-refractivity contribution < 1.29 is 9.53 Å². The first kappa shape index (κ1) is 14.9. The smallest absolute Gasteiger partial charge is 0.307 e. The Labute approximate surface area is 108 Å². The van der Waals surface area contributed by atoms with Crippen molar-refractivity contribution in [3.05, 3.63) is 20.3 Å². The maximum absolute atomic E-state index is 11.0. The van der Waals surface area contributed by atoms with Crippen molar-refractivity contribution in [2.24, 2.45) is 5.73 Å². The highest BCUT2D eigenvalue weighted by Crippen LogP contribution is 2.31. The van der Waals surface area contributed by atoms with Crippen LogP contribution >= 0.6 is 39.7 Å². The first-order chi connectivity index (χ1) is 6.54. The molecule has 0 aromatic carbocycles. The van der Waals surface area contributed by atoms with Gasteiger partial charge in [-0.25, -0.2) is 0 Å². The predicted octanol–water partition coefficient (Wildman–Crippen LogP) is 2.80. The predicted molar refractivity (Wildman–Crippen MR) is 67.6 cm³/mol. The van der Waals surface area contributed by atoms with E-state index >= 15 is 0 Å². The molecule has 0 unspecified atom stereocenters. The van der Waals surface area contributed by atoms with Crippen LogP contribution in [-0.4, -0.2) is 13.1 Å². The minimum Gasteiger partial charge on any atom is -0.469 e. The molecule has 0 radical (unpaired) electrons. The van der Waals surface area contributed by atoms with E-state index in [1.165, 1.54) is 7.11 Å². The van der Waals surface area contributed by atoms with Gasteiger partial charge >= 0.3 is 5.97 Å². The van der Waals surface area contributed by atoms with Crippen molar-refractivity contribution in [1.82, 2.24) is 0 Å². The third kappa shape index (κ3) is 4.10. The van der Waals surface area contributed by atoms with Crippen LogP contribution in [-0.2, 0) is 9.53 Å². The van der Waals surface area contributed by atoms with E-state index < -0.39 is 0 Å². The number of esters is 1. The number of hydrogen-bond donors (Lipinski definition) is 1. The summed E-state index contributed by atoms with van der Waals surface area (Å²) >= 11 is 4.97. The maximum Gasteiger partial charge on any atom is 0.307 e. The lowest BCUT2D eigenvalue weighted by atomic mass is 10.2. The van der Waals surface area contributed by atoms with Gasteiger partial charge in [-0.1, -0.05) is 0 Å². The largest absolute Gasteiger partial charge is 0.469 e. The Hall–Kier alpha value is -0.100. The van der Waals surface area contributed by atoms with Gasteiger partial charge in [-0.05, 0) is 34.5 Å². The quantitative estimate of drug-likeness (QED) is 0.873. The molecule has 2 N–H and O–H groups in total. The Kier molecular flexibility index (Phi) is 6.43. The van der Waals surface area contributed by atoms with Gasteiger partial charge in [-0.15, -0.1) is 23.7 Å². The van der Waals surface area contributed by atoms with E-state index in [2.05, 4.69) is 20.7 Å². The molecule has 1 atom stereocenters. The summed E-state index contributed by atoms with van der Waals surface area (Å²) in [7, 11) is 1.37. The van der Waals surface area contributed by atoms with Crippen LogP contribution in [0.5, 0.6) is 0 Å². The summed E-state index contributed by atoms with van der Waals surface area (Å²) in [5.41, 5.74) is 6.99. The Morgan fingerprint density at radius 2 is 2.33 bits per heavy atom. The van der Waals surface area contributed by atoms with Crippen molar-refractivity contribution >= 4 is 45.6 Å². The van der Waals surface area contributed by atoms with Crippen LogP contribution in [0.4, 0.5) is 0 Å². The van der Waals surface area contributed by atoms with Gasteiger partial charge in [0.05, 0.1) is 17.3 Å². The van der Waals surface area contributed by atoms with Gasteiger partial charge in [0.25, 0.3) is 0 Å². The summed E-state index contributed by atoms with van der Waals surface area (Å²) in [6.07, 6.45) is 0.225. The minimum absolute atomic E-state index is 0. The second-order valence-corrected chi connectivity index (χ2v) is 5.39. The molecule has 0 saturated heterocycles. The second kappa shape index (κ2) is 6.48. The summed E-state index contributed by atoms with van der Waals surface area (Å²) in [4.78, 5) is 12.0. The number of carbonyl (C=O) groups is 1. The molecule has 0 aliphatic heterocycles. The van der Waals surface area contributed by atoms with Gasteiger partial charge in [0.2, 0.25) is 0 Å². The van der Waals surface area contributed by atoms with Crippen molar-refractivity contribution in [2.45, 2.75) is 19.4 Å². The molecule has 3 nitrogen and oxygen atoms in total. The van der Waals surface area contributed by atoms with Crippen LogP contribution in [0.3, 0.4) is 0 Å². The molecule has 0 amide bonds. The third-order valence-electron chi connectivity index (χ3n) is 1.86. The molecular weight excluding hydrogens is 302 g/mol. The molecule has 6 heteroatoms. The van der Waals surface area contributed by atoms with Crippen LogP contribution in [0, 0.1) is 6.92 Å². The summed E-state index contributed by atoms with van der Waals surface area (Å²) in [6.45, 7) is 1.99. The van der Waals surface area contributed by atoms with Crippen molar-refractivity contribution in [1.29, 1.82) is 0 Å². The number of aryl methyl sites for hydroxylation is 1. The normalized spacial score (nSPS) is 11.7. The standard InChI is InChI=1S/C9H12BrNO2S.ClH/c1-5-3-7(14-9(5)10)6(11)4-8(12)13-2;/h3,6H,4,11H2,1-2H3;1H/t6-;/m0./s1. The van der Waals surface area contributed by atoms with Gasteiger partial charge in [-0.3, -0.25) is 4.79 Å². The van der Waals surface area contributed by atoms with E-state index in [0.29, 0.717) is 0 Å². The van der Waals surface area contributed by atoms with E-state index in [-0.39, 0.29) is 30.8 Å². The van der Waals surface area contributed by atoms with E-state index in [4.69, 9.17) is 5.73 Å². The lowest BCUT2D eigenvalue weighted by Crippen LogP contribution is -2.15. The molecule has 0 bridgehead atoms. The Morgan fingerprint density at radius 1 is 1.73 bits per heavy atom. The summed E-state index contributed by atoms with van der Waals surface area (Å²) in [6, 6.07) is 1.72. The highest BCUT2D eigenvalue weighted by molar-refractivity contribution is 9.11. The molecule has 1 heterocycles. The van der Waals surface area contributed by atoms with E-state index in [0.717, 1.165) is 14.2 Å². The van der Waals surface area contributed by atoms with Crippen LogP contribution in [0.25, 0.3) is 0 Å². The molecule has 1 rings (SSSR count). The number of hydrogen-bond acceptors (Lipinski definition) is 4. The van der Waals surface area contributed by atoms with Crippen LogP contribution in [0.2, 0.25) is 0 Å². The van der Waals surface area contributed by atoms with Crippen LogP contribution < -0.4 is 5.73 Å². The van der Waals surface area contributed by atoms with E-state index in [1.54, 1.807) is 11.3 Å². The second-order valence-electron chi connectivity index (χ2n) is 2.99. The SMILES string of the molecule is COC(=O)C[C@H](N)c1cc(C)c(Br)s1.Cl. The molecule has 0 saturated carbocycles. The zero-order valence-corrected chi connectivity index (χ0v) is 11.7. The average molecular weight is 315 g/mol. The molecule has 0 fully saturated rings. The van der Waals surface area contributed by atoms with E-state index in [1.807, 2.05) is 13.0 Å². The number of rotatable bonds is 3. The highest BCUT2D eigenvalue weighted by Gasteiger charge is 2.14. The topological polar surface area (TPSA) is 52.3 Å². The van der Waals surface area contributed by atoms with Crippen LogP contribution in [0.1, 0.15) is 22.9 Å². The monoisotopic (exact) mass is 313 g/mol. The van der Waals surface area contributed by atoms with Gasteiger partial charge in [0.1, 0.15) is 0 Å². The number of carbonyl (C=O) groups excluding carboxylic acids is 1. The Bertz CT molecular complexity index is 323. The third-order valence-corrected chi connectivity index (χ3v) is 4.12. The first-order valence-electron chi connectivity index (χ1n) is 4.12. The van der Waals surface area contributed by atoms with Crippen molar-refractivity contribution in [3.63, 3.8) is 0 Å². The fourth-order valence-electron chi connectivity index (χ4n) is 1.03. The Morgan fingerprint density at radius 3 is 2.73 bits per heavy atom. The average Bonchev–Trinajstić information content (AvgIpc) is 2.47. The molecule has 0 aliphatic rings. The van der Waals surface area contributed by atoms with Crippen LogP contribution in [0.15, 0.2) is 9.85 Å². The lowest BCUT2D eigenvalue weighted by molar-refractivity contribution is -0.141. The number of thiophene rings is 1. The molecule has 86 valence electrons. The number of halogens is 2. The summed E-state index contributed by atoms with van der Waals surface area (Å²) < 4.78 is 5.62. The van der Waals surface area contributed by atoms with Crippen molar-refractivity contribution in [2.75, 3.05) is 7.11 Å². The molecule has 1 aromatic rings. The number of nitrogens with two attached hydrogens (primary N) is 1. The van der Waals surface area contributed by atoms with Gasteiger partial charge < -0.3 is 10.5 Å². The lowest BCUT2D eigenvalue weighted by Gasteiger charge is -2.06. The zero-order chi connectivity index (χ0) is 10.7. The Balaban J connectivity index is 0.00000196. The molecule has 0 aliphatic carbocycles. The molecular formula is C9H13BrClNO2S. The molecule has 15 heavy (non-hydrogen) atoms. The zero-order valence-electron chi connectivity index (χ0n) is 8.45. The van der Waals surface area contributed by atoms with Gasteiger partial charge in [0, 0.05) is 10.9 Å². The number of ether oxygens (including phenoxy) is 1. The summed E-state index contributed by atoms with van der Waals surface area (Å²) in [5.74, 6) is -0.278. The van der Waals surface area contributed by atoms with Gasteiger partial charge in [0.15, 0.2) is 0 Å². The van der Waals surface area contributed by atoms with E-state index in [9.17, 15) is 4.79 Å². The highest BCUT2D eigenvalue weighted by atomic mass is 79.9. The first-order valence-corrected chi connectivity index (χ1v) is 5.73. The molecule has 1 aromatic heterocycles. The maximum atomic E-state index is 11.0. The molecule has 0 spiro atoms. The van der Waals surface area contributed by atoms with Gasteiger partial charge in [-0.2, -0.15) is 0 Å². The summed E-state index contributed by atoms with van der Waals surface area (Å²) in [5, 5.41) is 0. The fourth-order valence-corrected chi connectivity index (χ4v) is 2.60. The number of methoxy groups -OCH3 is 1.